The van der Waals surface area contributed by atoms with Crippen molar-refractivity contribution in [1.29, 1.82) is 0 Å². The summed E-state index contributed by atoms with van der Waals surface area (Å²) in [5, 5.41) is 4.62. The number of hydrogen-bond acceptors (Lipinski definition) is 4. The van der Waals surface area contributed by atoms with E-state index in [4.69, 9.17) is 19.4 Å². The summed E-state index contributed by atoms with van der Waals surface area (Å²) in [5.74, 6) is 1.91. The summed E-state index contributed by atoms with van der Waals surface area (Å²) in [6.07, 6.45) is 0. The van der Waals surface area contributed by atoms with Gasteiger partial charge in [-0.05, 0) is 70.8 Å². The van der Waals surface area contributed by atoms with E-state index in [0.29, 0.717) is 17.5 Å². The Morgan fingerprint density at radius 3 is 1.54 bits per heavy atom. The first-order valence-corrected chi connectivity index (χ1v) is 18.8. The van der Waals surface area contributed by atoms with Gasteiger partial charge in [0.1, 0.15) is 11.2 Å². The van der Waals surface area contributed by atoms with Crippen LogP contribution in [0.1, 0.15) is 0 Å². The molecule has 0 spiro atoms. The third kappa shape index (κ3) is 5.45. The lowest BCUT2D eigenvalue weighted by Crippen LogP contribution is -2.00. The van der Waals surface area contributed by atoms with Crippen LogP contribution in [0.4, 0.5) is 0 Å². The molecule has 0 aliphatic heterocycles. The predicted molar refractivity (Wildman–Crippen MR) is 229 cm³/mol. The molecular formula is C51H32N4O. The zero-order valence-corrected chi connectivity index (χ0v) is 30.2. The fourth-order valence-corrected chi connectivity index (χ4v) is 7.93. The summed E-state index contributed by atoms with van der Waals surface area (Å²) in [7, 11) is 0. The summed E-state index contributed by atoms with van der Waals surface area (Å²) in [6, 6.07) is 67.6. The van der Waals surface area contributed by atoms with E-state index in [1.807, 2.05) is 72.8 Å². The van der Waals surface area contributed by atoms with Crippen LogP contribution >= 0.6 is 0 Å². The number of rotatable bonds is 6. The van der Waals surface area contributed by atoms with Gasteiger partial charge in [0, 0.05) is 43.9 Å². The molecular weight excluding hydrogens is 685 g/mol. The van der Waals surface area contributed by atoms with Crippen LogP contribution < -0.4 is 0 Å². The Kier molecular flexibility index (Phi) is 7.42. The smallest absolute Gasteiger partial charge is 0.164 e. The third-order valence-electron chi connectivity index (χ3n) is 10.6. The first-order valence-electron chi connectivity index (χ1n) is 18.8. The van der Waals surface area contributed by atoms with Crippen molar-refractivity contribution in [3.63, 3.8) is 0 Å². The zero-order valence-electron chi connectivity index (χ0n) is 30.2. The van der Waals surface area contributed by atoms with Crippen LogP contribution in [0.15, 0.2) is 199 Å². The second-order valence-corrected chi connectivity index (χ2v) is 14.1. The van der Waals surface area contributed by atoms with Crippen molar-refractivity contribution in [2.24, 2.45) is 0 Å². The second-order valence-electron chi connectivity index (χ2n) is 14.1. The highest BCUT2D eigenvalue weighted by molar-refractivity contribution is 6.10. The third-order valence-corrected chi connectivity index (χ3v) is 10.6. The van der Waals surface area contributed by atoms with Gasteiger partial charge in [-0.1, -0.05) is 146 Å². The summed E-state index contributed by atoms with van der Waals surface area (Å²) in [6.45, 7) is 0. The van der Waals surface area contributed by atoms with Crippen molar-refractivity contribution in [1.82, 2.24) is 19.5 Å². The number of furan rings is 1. The SMILES string of the molecule is c1ccc(-c2nc(-c3ccccc3)nc(-c3ccc4c5ccccc5n(-c5cccc(-c6cccc(-c7ccc8c(c7)oc7ccccc78)c6)c5)c4c3)n2)cc1. The van der Waals surface area contributed by atoms with E-state index >= 15 is 0 Å². The van der Waals surface area contributed by atoms with Gasteiger partial charge in [0.05, 0.1) is 11.0 Å². The maximum Gasteiger partial charge on any atom is 0.164 e. The van der Waals surface area contributed by atoms with Gasteiger partial charge in [-0.15, -0.1) is 0 Å². The van der Waals surface area contributed by atoms with Gasteiger partial charge in [-0.2, -0.15) is 0 Å². The average molecular weight is 717 g/mol. The zero-order chi connectivity index (χ0) is 37.0. The second kappa shape index (κ2) is 13.0. The van der Waals surface area contributed by atoms with Crippen molar-refractivity contribution in [3.05, 3.63) is 194 Å². The van der Waals surface area contributed by atoms with Crippen molar-refractivity contribution >= 4 is 43.7 Å². The Morgan fingerprint density at radius 2 is 0.804 bits per heavy atom. The lowest BCUT2D eigenvalue weighted by molar-refractivity contribution is 0.669. The van der Waals surface area contributed by atoms with Gasteiger partial charge in [0.2, 0.25) is 0 Å². The molecule has 0 bridgehead atoms. The molecule has 0 fully saturated rings. The molecule has 0 saturated carbocycles. The Morgan fingerprint density at radius 1 is 0.304 bits per heavy atom. The van der Waals surface area contributed by atoms with Crippen LogP contribution in [0.25, 0.3) is 106 Å². The van der Waals surface area contributed by atoms with Crippen LogP contribution in [0, 0.1) is 0 Å². The largest absolute Gasteiger partial charge is 0.456 e. The highest BCUT2D eigenvalue weighted by atomic mass is 16.3. The van der Waals surface area contributed by atoms with Crippen LogP contribution in [0.3, 0.4) is 0 Å². The van der Waals surface area contributed by atoms with Crippen LogP contribution in [0.2, 0.25) is 0 Å². The van der Waals surface area contributed by atoms with E-state index in [1.165, 1.54) is 10.8 Å². The van der Waals surface area contributed by atoms with E-state index < -0.39 is 0 Å². The quantitative estimate of drug-likeness (QED) is 0.172. The molecule has 262 valence electrons. The standard InChI is InChI=1S/C51H32N4O/c1-3-13-33(14-4-1)49-52-50(34-15-5-2-6-16-34)54-51(53-49)39-26-27-42-41-21-7-9-23-45(41)55(46(42)31-39)40-20-12-19-37(30-40)35-17-11-18-36(29-35)38-25-28-44-43-22-8-10-24-47(43)56-48(44)32-38/h1-32H. The molecule has 56 heavy (non-hydrogen) atoms. The fourth-order valence-electron chi connectivity index (χ4n) is 7.93. The number of aromatic nitrogens is 4. The van der Waals surface area contributed by atoms with E-state index in [-0.39, 0.29) is 0 Å². The number of hydrogen-bond donors (Lipinski definition) is 0. The molecule has 5 heteroatoms. The van der Waals surface area contributed by atoms with Crippen LogP contribution in [-0.4, -0.2) is 19.5 Å². The van der Waals surface area contributed by atoms with Crippen molar-refractivity contribution in [3.8, 4) is 62.1 Å². The maximum atomic E-state index is 6.23. The predicted octanol–water partition coefficient (Wildman–Crippen LogP) is 13.2. The van der Waals surface area contributed by atoms with Crippen LogP contribution in [0.5, 0.6) is 0 Å². The van der Waals surface area contributed by atoms with E-state index in [9.17, 15) is 0 Å². The van der Waals surface area contributed by atoms with Crippen molar-refractivity contribution in [2.45, 2.75) is 0 Å². The molecule has 3 heterocycles. The number of para-hydroxylation sites is 2. The monoisotopic (exact) mass is 716 g/mol. The minimum Gasteiger partial charge on any atom is -0.456 e. The maximum absolute atomic E-state index is 6.23. The Hall–Kier alpha value is -7.63. The fraction of sp³-hybridized carbons (Fsp3) is 0. The molecule has 0 N–H and O–H groups in total. The molecule has 3 aromatic heterocycles. The van der Waals surface area contributed by atoms with Crippen molar-refractivity contribution in [2.75, 3.05) is 0 Å². The molecule has 0 atom stereocenters. The highest BCUT2D eigenvalue weighted by Crippen LogP contribution is 2.37. The molecule has 0 unspecified atom stereocenters. The van der Waals surface area contributed by atoms with Gasteiger partial charge < -0.3 is 8.98 Å². The lowest BCUT2D eigenvalue weighted by Gasteiger charge is -2.12. The number of nitrogens with zero attached hydrogens (tertiary/aromatic N) is 4. The first kappa shape index (κ1) is 31.9. The van der Waals surface area contributed by atoms with Gasteiger partial charge in [0.25, 0.3) is 0 Å². The molecule has 0 saturated heterocycles. The van der Waals surface area contributed by atoms with E-state index in [2.05, 4.69) is 126 Å². The lowest BCUT2D eigenvalue weighted by atomic mass is 9.98. The summed E-state index contributed by atoms with van der Waals surface area (Å²) in [5.41, 5.74) is 12.4. The number of fused-ring (bicyclic) bond motifs is 6. The Balaban J connectivity index is 1.03. The van der Waals surface area contributed by atoms with Gasteiger partial charge in [0.15, 0.2) is 17.5 Å². The van der Waals surface area contributed by atoms with Gasteiger partial charge >= 0.3 is 0 Å². The minimum absolute atomic E-state index is 0.628. The van der Waals surface area contributed by atoms with Gasteiger partial charge in [-0.25, -0.2) is 15.0 Å². The molecule has 0 aliphatic rings. The topological polar surface area (TPSA) is 56.7 Å². The first-order chi connectivity index (χ1) is 27.7. The summed E-state index contributed by atoms with van der Waals surface area (Å²) in [4.78, 5) is 15.0. The summed E-state index contributed by atoms with van der Waals surface area (Å²) < 4.78 is 8.59. The molecule has 0 amide bonds. The minimum atomic E-state index is 0.628. The Bertz CT molecular complexity index is 3200. The Labute approximate surface area is 322 Å². The van der Waals surface area contributed by atoms with E-state index in [1.54, 1.807) is 0 Å². The van der Waals surface area contributed by atoms with Gasteiger partial charge in [-0.3, -0.25) is 0 Å². The molecule has 11 aromatic rings. The highest BCUT2D eigenvalue weighted by Gasteiger charge is 2.17. The molecule has 11 rings (SSSR count). The normalized spacial score (nSPS) is 11.6. The molecule has 8 aromatic carbocycles. The van der Waals surface area contributed by atoms with Crippen LogP contribution in [-0.2, 0) is 0 Å². The molecule has 0 radical (unpaired) electrons. The number of benzene rings is 8. The molecule has 0 aliphatic carbocycles. The average Bonchev–Trinajstić information content (AvgIpc) is 3.82. The molecule has 5 nitrogen and oxygen atoms in total. The van der Waals surface area contributed by atoms with E-state index in [0.717, 1.165) is 77.6 Å². The summed E-state index contributed by atoms with van der Waals surface area (Å²) >= 11 is 0. The van der Waals surface area contributed by atoms with Crippen molar-refractivity contribution < 1.29 is 4.42 Å².